The highest BCUT2D eigenvalue weighted by molar-refractivity contribution is 5.66. The molecule has 0 fully saturated rings. The van der Waals surface area contributed by atoms with Gasteiger partial charge in [-0.15, -0.1) is 0 Å². The molecule has 0 aromatic carbocycles. The first kappa shape index (κ1) is 10.8. The van der Waals surface area contributed by atoms with Gasteiger partial charge in [-0.2, -0.15) is 5.26 Å². The maximum atomic E-state index is 10.7. The van der Waals surface area contributed by atoms with E-state index in [4.69, 9.17) is 10.4 Å². The van der Waals surface area contributed by atoms with Gasteiger partial charge in [-0.3, -0.25) is 4.90 Å². The van der Waals surface area contributed by atoms with Gasteiger partial charge in [-0.1, -0.05) is 0 Å². The highest BCUT2D eigenvalue weighted by Crippen LogP contribution is 2.16. The summed E-state index contributed by atoms with van der Waals surface area (Å²) in [6, 6.07) is 1.29. The van der Waals surface area contributed by atoms with Crippen LogP contribution in [0.1, 0.15) is 27.7 Å². The van der Waals surface area contributed by atoms with Crippen LogP contribution in [-0.4, -0.2) is 27.7 Å². The molecule has 0 saturated heterocycles. The molecule has 1 amide bonds. The molecule has 4 heteroatoms. The second-order valence-electron chi connectivity index (χ2n) is 3.63. The van der Waals surface area contributed by atoms with Crippen molar-refractivity contribution in [1.82, 2.24) is 4.90 Å². The molecular formula is C8H14N2O2. The first-order chi connectivity index (χ1) is 5.30. The summed E-state index contributed by atoms with van der Waals surface area (Å²) >= 11 is 0. The maximum Gasteiger partial charge on any atom is 0.408 e. The number of hydrogen-bond acceptors (Lipinski definition) is 2. The summed E-state index contributed by atoms with van der Waals surface area (Å²) < 4.78 is 0. The number of nitriles is 1. The standard InChI is InChI=1S/C8H14N2O2/c1-6(5-9)10(7(11)12)8(2,3)4/h6H,1-4H3,(H,11,12)/t6-/m0/s1. The molecule has 0 saturated carbocycles. The van der Waals surface area contributed by atoms with Crippen molar-refractivity contribution in [1.29, 1.82) is 5.26 Å². The van der Waals surface area contributed by atoms with Crippen LogP contribution in [0.2, 0.25) is 0 Å². The van der Waals surface area contributed by atoms with Gasteiger partial charge in [0.15, 0.2) is 0 Å². The largest absolute Gasteiger partial charge is 0.465 e. The maximum absolute atomic E-state index is 10.7. The van der Waals surface area contributed by atoms with Crippen LogP contribution in [0.5, 0.6) is 0 Å². The van der Waals surface area contributed by atoms with E-state index >= 15 is 0 Å². The Morgan fingerprint density at radius 2 is 2.00 bits per heavy atom. The van der Waals surface area contributed by atoms with Crippen LogP contribution in [0, 0.1) is 11.3 Å². The van der Waals surface area contributed by atoms with E-state index in [9.17, 15) is 4.79 Å². The molecule has 0 aliphatic rings. The molecule has 0 unspecified atom stereocenters. The molecule has 0 heterocycles. The predicted octanol–water partition coefficient (Wildman–Crippen LogP) is 1.68. The van der Waals surface area contributed by atoms with E-state index in [2.05, 4.69) is 0 Å². The highest BCUT2D eigenvalue weighted by Gasteiger charge is 2.30. The lowest BCUT2D eigenvalue weighted by atomic mass is 10.0. The molecule has 0 spiro atoms. The number of carboxylic acid groups (broad SMARTS) is 1. The molecular weight excluding hydrogens is 156 g/mol. The van der Waals surface area contributed by atoms with E-state index in [1.807, 2.05) is 6.07 Å². The van der Waals surface area contributed by atoms with Gasteiger partial charge in [0, 0.05) is 5.54 Å². The van der Waals surface area contributed by atoms with Crippen molar-refractivity contribution in [2.75, 3.05) is 0 Å². The fourth-order valence-corrected chi connectivity index (χ4v) is 1.09. The summed E-state index contributed by atoms with van der Waals surface area (Å²) in [4.78, 5) is 11.9. The van der Waals surface area contributed by atoms with Gasteiger partial charge in [-0.05, 0) is 27.7 Å². The third-order valence-electron chi connectivity index (χ3n) is 1.50. The smallest absolute Gasteiger partial charge is 0.408 e. The molecule has 12 heavy (non-hydrogen) atoms. The zero-order valence-electron chi connectivity index (χ0n) is 7.83. The molecule has 0 aromatic heterocycles. The van der Waals surface area contributed by atoms with E-state index in [0.29, 0.717) is 0 Å². The average molecular weight is 170 g/mol. The van der Waals surface area contributed by atoms with Crippen molar-refractivity contribution < 1.29 is 9.90 Å². The van der Waals surface area contributed by atoms with E-state index in [-0.39, 0.29) is 0 Å². The van der Waals surface area contributed by atoms with Crippen molar-refractivity contribution in [3.8, 4) is 6.07 Å². The number of rotatable bonds is 1. The molecule has 0 aliphatic heterocycles. The fourth-order valence-electron chi connectivity index (χ4n) is 1.09. The second-order valence-corrected chi connectivity index (χ2v) is 3.63. The summed E-state index contributed by atoms with van der Waals surface area (Å²) in [5.41, 5.74) is -0.527. The monoisotopic (exact) mass is 170 g/mol. The van der Waals surface area contributed by atoms with Crippen molar-refractivity contribution in [2.24, 2.45) is 0 Å². The van der Waals surface area contributed by atoms with Crippen LogP contribution in [0.15, 0.2) is 0 Å². The van der Waals surface area contributed by atoms with Gasteiger partial charge in [0.2, 0.25) is 0 Å². The Balaban J connectivity index is 4.71. The summed E-state index contributed by atoms with van der Waals surface area (Å²) in [5, 5.41) is 17.3. The third-order valence-corrected chi connectivity index (χ3v) is 1.50. The minimum absolute atomic E-state index is 0.527. The van der Waals surface area contributed by atoms with Gasteiger partial charge in [0.25, 0.3) is 0 Å². The van der Waals surface area contributed by atoms with Crippen molar-refractivity contribution in [2.45, 2.75) is 39.3 Å². The van der Waals surface area contributed by atoms with Crippen LogP contribution in [0.3, 0.4) is 0 Å². The molecule has 0 radical (unpaired) electrons. The second kappa shape index (κ2) is 3.44. The van der Waals surface area contributed by atoms with Crippen molar-refractivity contribution in [3.05, 3.63) is 0 Å². The number of amides is 1. The molecule has 1 atom stereocenters. The first-order valence-electron chi connectivity index (χ1n) is 3.72. The van der Waals surface area contributed by atoms with Gasteiger partial charge in [0.05, 0.1) is 6.07 Å². The van der Waals surface area contributed by atoms with Crippen LogP contribution in [-0.2, 0) is 0 Å². The third kappa shape index (κ3) is 2.42. The normalized spacial score (nSPS) is 13.2. The Bertz CT molecular complexity index is 212. The minimum atomic E-state index is -1.06. The van der Waals surface area contributed by atoms with E-state index in [1.165, 1.54) is 0 Å². The lowest BCUT2D eigenvalue weighted by molar-refractivity contribution is 0.0894. The number of nitrogens with zero attached hydrogens (tertiary/aromatic N) is 2. The summed E-state index contributed by atoms with van der Waals surface area (Å²) in [7, 11) is 0. The quantitative estimate of drug-likeness (QED) is 0.651. The van der Waals surface area contributed by atoms with Gasteiger partial charge >= 0.3 is 6.09 Å². The predicted molar refractivity (Wildman–Crippen MR) is 44.7 cm³/mol. The van der Waals surface area contributed by atoms with Crippen molar-refractivity contribution in [3.63, 3.8) is 0 Å². The zero-order valence-corrected chi connectivity index (χ0v) is 7.83. The van der Waals surface area contributed by atoms with E-state index in [1.54, 1.807) is 27.7 Å². The Morgan fingerprint density at radius 3 is 2.08 bits per heavy atom. The Kier molecular flexibility index (Phi) is 3.08. The molecule has 68 valence electrons. The van der Waals surface area contributed by atoms with Crippen LogP contribution in [0.25, 0.3) is 0 Å². The fraction of sp³-hybridized carbons (Fsp3) is 0.750. The molecule has 1 N–H and O–H groups in total. The Labute approximate surface area is 72.4 Å². The van der Waals surface area contributed by atoms with Gasteiger partial charge in [-0.25, -0.2) is 4.79 Å². The number of hydrogen-bond donors (Lipinski definition) is 1. The zero-order chi connectivity index (χ0) is 9.94. The van der Waals surface area contributed by atoms with Crippen LogP contribution in [0.4, 0.5) is 4.79 Å². The molecule has 0 aromatic rings. The summed E-state index contributed by atoms with van der Waals surface area (Å²) in [6.07, 6.45) is -1.06. The molecule has 0 rings (SSSR count). The Morgan fingerprint density at radius 1 is 1.58 bits per heavy atom. The Hall–Kier alpha value is -1.24. The molecule has 0 bridgehead atoms. The lowest BCUT2D eigenvalue weighted by Crippen LogP contribution is -2.49. The van der Waals surface area contributed by atoms with Crippen LogP contribution < -0.4 is 0 Å². The summed E-state index contributed by atoms with van der Waals surface area (Å²) in [5.74, 6) is 0. The number of carbonyl (C=O) groups is 1. The highest BCUT2D eigenvalue weighted by atomic mass is 16.4. The SMILES string of the molecule is C[C@@H](C#N)N(C(=O)O)C(C)(C)C. The minimum Gasteiger partial charge on any atom is -0.465 e. The average Bonchev–Trinajstić information content (AvgIpc) is 1.83. The van der Waals surface area contributed by atoms with Gasteiger partial charge < -0.3 is 5.11 Å². The van der Waals surface area contributed by atoms with Gasteiger partial charge in [0.1, 0.15) is 6.04 Å². The van der Waals surface area contributed by atoms with E-state index in [0.717, 1.165) is 4.90 Å². The van der Waals surface area contributed by atoms with E-state index < -0.39 is 17.7 Å². The first-order valence-corrected chi connectivity index (χ1v) is 3.72. The molecule has 4 nitrogen and oxygen atoms in total. The molecule has 0 aliphatic carbocycles. The van der Waals surface area contributed by atoms with Crippen LogP contribution >= 0.6 is 0 Å². The van der Waals surface area contributed by atoms with Crippen molar-refractivity contribution >= 4 is 6.09 Å². The topological polar surface area (TPSA) is 64.3 Å². The summed E-state index contributed by atoms with van der Waals surface area (Å²) in [6.45, 7) is 6.85. The lowest BCUT2D eigenvalue weighted by Gasteiger charge is -2.34.